The molecular formula is C28H30F6N2O5S. The zero-order valence-electron chi connectivity index (χ0n) is 23.4. The van der Waals surface area contributed by atoms with Crippen molar-refractivity contribution in [1.82, 2.24) is 10.3 Å². The van der Waals surface area contributed by atoms with Gasteiger partial charge < -0.3 is 17.4 Å². The van der Waals surface area contributed by atoms with E-state index in [1.54, 1.807) is 0 Å². The quantitative estimate of drug-likeness (QED) is 0.146. The van der Waals surface area contributed by atoms with E-state index >= 15 is 0 Å². The molecule has 7 nitrogen and oxygen atoms in total. The highest BCUT2D eigenvalue weighted by Crippen LogP contribution is 2.43. The molecule has 0 fully saturated rings. The smallest absolute Gasteiger partial charge is 0.370 e. The van der Waals surface area contributed by atoms with Gasteiger partial charge in [0.1, 0.15) is 0 Å². The summed E-state index contributed by atoms with van der Waals surface area (Å²) in [6, 6.07) is 2.54. The molecule has 14 heteroatoms. The van der Waals surface area contributed by atoms with Crippen LogP contribution in [0, 0.1) is 0 Å². The van der Waals surface area contributed by atoms with Gasteiger partial charge in [-0.15, -0.1) is 0 Å². The Hall–Kier alpha value is -3.29. The van der Waals surface area contributed by atoms with E-state index in [1.807, 2.05) is 27.7 Å². The molecule has 0 amide bonds. The third-order valence-corrected chi connectivity index (χ3v) is 7.26. The first-order valence-corrected chi connectivity index (χ1v) is 14.7. The van der Waals surface area contributed by atoms with E-state index in [0.717, 1.165) is 0 Å². The molecule has 4 aromatic rings. The molecule has 42 heavy (non-hydrogen) atoms. The molecule has 0 unspecified atom stereocenters. The lowest BCUT2D eigenvalue weighted by Crippen LogP contribution is -2.14. The lowest BCUT2D eigenvalue weighted by molar-refractivity contribution is -0.142. The van der Waals surface area contributed by atoms with Gasteiger partial charge in [-0.1, -0.05) is 63.7 Å². The Bertz CT molecular complexity index is 1480. The number of aromatic nitrogens is 2. The van der Waals surface area contributed by atoms with Crippen LogP contribution in [0.3, 0.4) is 0 Å². The fourth-order valence-corrected chi connectivity index (χ4v) is 5.73. The van der Waals surface area contributed by atoms with Crippen LogP contribution in [0.5, 0.6) is 11.5 Å². The average Bonchev–Trinajstić information content (AvgIpc) is 3.52. The van der Waals surface area contributed by atoms with Crippen LogP contribution in [0.2, 0.25) is 0 Å². The first-order valence-electron chi connectivity index (χ1n) is 13.7. The molecule has 0 bridgehead atoms. The lowest BCUT2D eigenvalue weighted by Gasteiger charge is -2.18. The van der Waals surface area contributed by atoms with Crippen LogP contribution in [0.25, 0.3) is 21.9 Å². The molecule has 2 heterocycles. The number of alkyl halides is 6. The van der Waals surface area contributed by atoms with Gasteiger partial charge >= 0.3 is 23.7 Å². The number of benzene rings is 2. The number of rotatable bonds is 12. The highest BCUT2D eigenvalue weighted by atomic mass is 32.2. The molecule has 0 aliphatic carbocycles. The van der Waals surface area contributed by atoms with Crippen LogP contribution >= 0.6 is 0 Å². The van der Waals surface area contributed by atoms with Crippen LogP contribution in [0.4, 0.5) is 26.3 Å². The second-order valence-corrected chi connectivity index (χ2v) is 10.6. The maximum atomic E-state index is 13.6. The van der Waals surface area contributed by atoms with E-state index in [0.29, 0.717) is 49.7 Å². The van der Waals surface area contributed by atoms with Gasteiger partial charge in [-0.2, -0.15) is 30.6 Å². The Morgan fingerprint density at radius 2 is 1.02 bits per heavy atom. The third-order valence-electron chi connectivity index (χ3n) is 6.65. The minimum atomic E-state index is -4.75. The van der Waals surface area contributed by atoms with Crippen molar-refractivity contribution in [3.63, 3.8) is 0 Å². The lowest BCUT2D eigenvalue weighted by atomic mass is 9.98. The van der Waals surface area contributed by atoms with Crippen molar-refractivity contribution in [2.24, 2.45) is 0 Å². The number of nitrogens with zero attached hydrogens (tertiary/aromatic N) is 2. The zero-order chi connectivity index (χ0) is 30.8. The summed E-state index contributed by atoms with van der Waals surface area (Å²) in [5, 5.41) is 6.06. The predicted molar refractivity (Wildman–Crippen MR) is 143 cm³/mol. The van der Waals surface area contributed by atoms with Gasteiger partial charge in [-0.05, 0) is 48.9 Å². The molecule has 0 N–H and O–H groups in total. The Kier molecular flexibility index (Phi) is 9.43. The Labute approximate surface area is 240 Å². The van der Waals surface area contributed by atoms with Crippen molar-refractivity contribution in [3.8, 4) is 11.5 Å². The van der Waals surface area contributed by atoms with Gasteiger partial charge in [0.05, 0.1) is 10.8 Å². The summed E-state index contributed by atoms with van der Waals surface area (Å²) in [7, 11) is 0. The first kappa shape index (κ1) is 31.6. The van der Waals surface area contributed by atoms with E-state index in [1.165, 1.54) is 12.1 Å². The van der Waals surface area contributed by atoms with E-state index in [-0.39, 0.29) is 57.4 Å². The molecule has 230 valence electrons. The van der Waals surface area contributed by atoms with Crippen molar-refractivity contribution in [2.45, 2.75) is 91.4 Å². The van der Waals surface area contributed by atoms with Crippen LogP contribution in [-0.2, 0) is 49.4 Å². The molecule has 4 rings (SSSR count). The highest BCUT2D eigenvalue weighted by Gasteiger charge is 2.40. The maximum absolute atomic E-state index is 13.6. The topological polar surface area (TPSA) is 87.6 Å². The molecule has 0 atom stereocenters. The van der Waals surface area contributed by atoms with Gasteiger partial charge in [0.15, 0.2) is 34.1 Å². The first-order chi connectivity index (χ1) is 19.8. The maximum Gasteiger partial charge on any atom is 0.437 e. The standard InChI is InChI=1S/C28H30F6N2O5S/c1-5-9-15-13-19-23(38-35-25(19)27(29,30)31)17(11-7-3)21(15)40-42(37)41-22-16(10-6-2)14-20-24(18(22)12-8-4)39-36-26(20)28(32,33)34/h13-14H,5-12H2,1-4H3. The zero-order valence-corrected chi connectivity index (χ0v) is 24.2. The van der Waals surface area contributed by atoms with Crippen LogP contribution in [-0.4, -0.2) is 14.5 Å². The number of halogens is 6. The van der Waals surface area contributed by atoms with Crippen molar-refractivity contribution in [3.05, 3.63) is 45.8 Å². The molecule has 0 spiro atoms. The number of hydrogen-bond donors (Lipinski definition) is 0. The summed E-state index contributed by atoms with van der Waals surface area (Å²) in [6.45, 7) is 7.28. The molecule has 0 aliphatic heterocycles. The van der Waals surface area contributed by atoms with Crippen molar-refractivity contribution >= 4 is 33.3 Å². The average molecular weight is 621 g/mol. The van der Waals surface area contributed by atoms with E-state index in [2.05, 4.69) is 10.3 Å². The summed E-state index contributed by atoms with van der Waals surface area (Å²) in [5.41, 5.74) is -1.33. The molecule has 2 aromatic carbocycles. The van der Waals surface area contributed by atoms with Gasteiger partial charge in [-0.3, -0.25) is 0 Å². The summed E-state index contributed by atoms with van der Waals surface area (Å²) in [4.78, 5) is 0. The van der Waals surface area contributed by atoms with Gasteiger partial charge in [0.2, 0.25) is 0 Å². The fraction of sp³-hybridized carbons (Fsp3) is 0.500. The summed E-state index contributed by atoms with van der Waals surface area (Å²) in [5.74, 6) is 0.118. The molecule has 0 radical (unpaired) electrons. The second kappa shape index (κ2) is 12.5. The largest absolute Gasteiger partial charge is 0.437 e. The normalized spacial score (nSPS) is 12.6. The van der Waals surface area contributed by atoms with E-state index in [4.69, 9.17) is 17.4 Å². The van der Waals surface area contributed by atoms with E-state index < -0.39 is 35.1 Å². The number of hydrogen-bond acceptors (Lipinski definition) is 7. The van der Waals surface area contributed by atoms with Crippen LogP contribution < -0.4 is 8.37 Å². The predicted octanol–water partition coefficient (Wildman–Crippen LogP) is 8.85. The summed E-state index contributed by atoms with van der Waals surface area (Å²) >= 11 is -2.55. The highest BCUT2D eigenvalue weighted by molar-refractivity contribution is 7.76. The molecular weight excluding hydrogens is 590 g/mol. The van der Waals surface area contributed by atoms with Crippen molar-refractivity contribution in [1.29, 1.82) is 0 Å². The minimum absolute atomic E-state index is 0.0589. The van der Waals surface area contributed by atoms with Crippen LogP contribution in [0.1, 0.15) is 87.0 Å². The minimum Gasteiger partial charge on any atom is -0.370 e. The Morgan fingerprint density at radius 3 is 1.33 bits per heavy atom. The molecule has 0 saturated heterocycles. The molecule has 0 aliphatic rings. The van der Waals surface area contributed by atoms with E-state index in [9.17, 15) is 30.6 Å². The Balaban J connectivity index is 1.83. The fourth-order valence-electron chi connectivity index (χ4n) is 5.00. The number of fused-ring (bicyclic) bond motifs is 2. The van der Waals surface area contributed by atoms with Gasteiger partial charge in [0, 0.05) is 11.1 Å². The number of aryl methyl sites for hydroxylation is 4. The van der Waals surface area contributed by atoms with Crippen molar-refractivity contribution < 1.29 is 48.0 Å². The monoisotopic (exact) mass is 620 g/mol. The summed E-state index contributed by atoms with van der Waals surface area (Å²) in [6.07, 6.45) is -6.34. The van der Waals surface area contributed by atoms with Gasteiger partial charge in [-0.25, -0.2) is 0 Å². The van der Waals surface area contributed by atoms with Gasteiger partial charge in [0.25, 0.3) is 0 Å². The SMILES string of the molecule is CCCc1cc2c(C(F)(F)F)noc2c(CCC)c1OS(=O)Oc1c(CCC)cc2c(C(F)(F)F)noc2c1CCC. The third kappa shape index (κ3) is 6.23. The summed E-state index contributed by atoms with van der Waals surface area (Å²) < 4.78 is 117. The molecule has 2 aromatic heterocycles. The second-order valence-electron chi connectivity index (χ2n) is 9.87. The van der Waals surface area contributed by atoms with Crippen molar-refractivity contribution in [2.75, 3.05) is 0 Å². The molecule has 0 saturated carbocycles. The Morgan fingerprint density at radius 1 is 0.667 bits per heavy atom. The van der Waals surface area contributed by atoms with Crippen LogP contribution in [0.15, 0.2) is 21.2 Å².